The Morgan fingerprint density at radius 2 is 1.55 bits per heavy atom. The molecule has 106 valence electrons. The number of benzene rings is 2. The number of aryl methyl sites for hydroxylation is 3. The van der Waals surface area contributed by atoms with E-state index in [4.69, 9.17) is 0 Å². The molecular weight excluding hydrogens is 256 g/mol. The van der Waals surface area contributed by atoms with Crippen LogP contribution in [0.4, 0.5) is 8.78 Å². The zero-order valence-electron chi connectivity index (χ0n) is 12.2. The summed E-state index contributed by atoms with van der Waals surface area (Å²) in [5.74, 6) is -1.00. The van der Waals surface area contributed by atoms with E-state index >= 15 is 0 Å². The first-order chi connectivity index (χ1) is 9.43. The fourth-order valence-corrected chi connectivity index (χ4v) is 2.60. The SMILES string of the molecule is CNC(c1cc(C)cc(C)c1)c1c(F)ccc(C)c1F. The van der Waals surface area contributed by atoms with Crippen LogP contribution in [0.5, 0.6) is 0 Å². The molecule has 0 aliphatic carbocycles. The zero-order chi connectivity index (χ0) is 14.9. The van der Waals surface area contributed by atoms with Gasteiger partial charge in [-0.05, 0) is 45.0 Å². The second kappa shape index (κ2) is 5.71. The standard InChI is InChI=1S/C17H19F2N/c1-10-7-11(2)9-13(8-10)17(20-4)15-14(18)6-5-12(3)16(15)19/h5-9,17,20H,1-4H3. The van der Waals surface area contributed by atoms with Crippen LogP contribution in [-0.2, 0) is 0 Å². The summed E-state index contributed by atoms with van der Waals surface area (Å²) in [6.45, 7) is 5.60. The molecule has 0 radical (unpaired) electrons. The Kier molecular flexibility index (Phi) is 4.19. The molecule has 0 spiro atoms. The smallest absolute Gasteiger partial charge is 0.134 e. The molecule has 0 bridgehead atoms. The largest absolute Gasteiger partial charge is 0.309 e. The van der Waals surface area contributed by atoms with Crippen LogP contribution in [0, 0.1) is 32.4 Å². The Morgan fingerprint density at radius 1 is 0.950 bits per heavy atom. The van der Waals surface area contributed by atoms with Gasteiger partial charge < -0.3 is 5.32 Å². The molecule has 0 aliphatic rings. The third-order valence-electron chi connectivity index (χ3n) is 3.47. The number of halogens is 2. The normalized spacial score (nSPS) is 12.5. The third kappa shape index (κ3) is 2.73. The van der Waals surface area contributed by atoms with Crippen molar-refractivity contribution in [3.05, 3.63) is 69.8 Å². The minimum atomic E-state index is -0.522. The molecule has 3 heteroatoms. The van der Waals surface area contributed by atoms with Gasteiger partial charge in [0.25, 0.3) is 0 Å². The fourth-order valence-electron chi connectivity index (χ4n) is 2.60. The molecular formula is C17H19F2N. The van der Waals surface area contributed by atoms with E-state index in [9.17, 15) is 8.78 Å². The van der Waals surface area contributed by atoms with Gasteiger partial charge in [-0.25, -0.2) is 8.78 Å². The first-order valence-electron chi connectivity index (χ1n) is 6.64. The molecule has 0 fully saturated rings. The van der Waals surface area contributed by atoms with E-state index in [1.54, 1.807) is 14.0 Å². The molecule has 0 amide bonds. The van der Waals surface area contributed by atoms with Crippen molar-refractivity contribution >= 4 is 0 Å². The van der Waals surface area contributed by atoms with E-state index in [-0.39, 0.29) is 5.56 Å². The van der Waals surface area contributed by atoms with Gasteiger partial charge in [0.1, 0.15) is 11.6 Å². The Hall–Kier alpha value is -1.74. The molecule has 1 unspecified atom stereocenters. The molecule has 20 heavy (non-hydrogen) atoms. The first kappa shape index (κ1) is 14.7. The summed E-state index contributed by atoms with van der Waals surface area (Å²) in [6, 6.07) is 8.24. The molecule has 1 nitrogen and oxygen atoms in total. The van der Waals surface area contributed by atoms with Crippen LogP contribution in [-0.4, -0.2) is 7.05 Å². The lowest BCUT2D eigenvalue weighted by atomic mass is 9.94. The van der Waals surface area contributed by atoms with Crippen LogP contribution in [0.2, 0.25) is 0 Å². The maximum Gasteiger partial charge on any atom is 0.134 e. The summed E-state index contributed by atoms with van der Waals surface area (Å²) < 4.78 is 28.4. The molecule has 0 aliphatic heterocycles. The quantitative estimate of drug-likeness (QED) is 0.885. The molecule has 0 heterocycles. The molecule has 1 N–H and O–H groups in total. The van der Waals surface area contributed by atoms with Crippen molar-refractivity contribution in [2.24, 2.45) is 0 Å². The van der Waals surface area contributed by atoms with Crippen molar-refractivity contribution < 1.29 is 8.78 Å². The van der Waals surface area contributed by atoms with Crippen LogP contribution in [0.1, 0.15) is 33.9 Å². The van der Waals surface area contributed by atoms with Crippen LogP contribution in [0.3, 0.4) is 0 Å². The van der Waals surface area contributed by atoms with Crippen molar-refractivity contribution in [3.63, 3.8) is 0 Å². The summed E-state index contributed by atoms with van der Waals surface area (Å²) >= 11 is 0. The van der Waals surface area contributed by atoms with Crippen LogP contribution < -0.4 is 5.32 Å². The highest BCUT2D eigenvalue weighted by Crippen LogP contribution is 2.29. The van der Waals surface area contributed by atoms with E-state index in [2.05, 4.69) is 5.32 Å². The van der Waals surface area contributed by atoms with Crippen LogP contribution in [0.15, 0.2) is 30.3 Å². The predicted octanol–water partition coefficient (Wildman–Crippen LogP) is 4.20. The average Bonchev–Trinajstić information content (AvgIpc) is 2.38. The van der Waals surface area contributed by atoms with E-state index in [1.807, 2.05) is 32.0 Å². The van der Waals surface area contributed by atoms with Gasteiger partial charge in [-0.1, -0.05) is 35.4 Å². The lowest BCUT2D eigenvalue weighted by molar-refractivity contribution is 0.517. The first-order valence-corrected chi connectivity index (χ1v) is 6.64. The van der Waals surface area contributed by atoms with Crippen LogP contribution in [0.25, 0.3) is 0 Å². The van der Waals surface area contributed by atoms with Gasteiger partial charge >= 0.3 is 0 Å². The van der Waals surface area contributed by atoms with Crippen molar-refractivity contribution in [3.8, 4) is 0 Å². The van der Waals surface area contributed by atoms with Crippen LogP contribution >= 0.6 is 0 Å². The Bertz CT molecular complexity index is 615. The lowest BCUT2D eigenvalue weighted by Gasteiger charge is -2.20. The molecule has 0 aromatic heterocycles. The molecule has 0 saturated heterocycles. The van der Waals surface area contributed by atoms with Crippen molar-refractivity contribution in [1.82, 2.24) is 5.32 Å². The second-order valence-corrected chi connectivity index (χ2v) is 5.23. The van der Waals surface area contributed by atoms with Gasteiger partial charge in [0.05, 0.1) is 6.04 Å². The van der Waals surface area contributed by atoms with Crippen molar-refractivity contribution in [2.45, 2.75) is 26.8 Å². The molecule has 2 rings (SSSR count). The van der Waals surface area contributed by atoms with Gasteiger partial charge in [-0.15, -0.1) is 0 Å². The lowest BCUT2D eigenvalue weighted by Crippen LogP contribution is -2.21. The zero-order valence-corrected chi connectivity index (χ0v) is 12.2. The van der Waals surface area contributed by atoms with Gasteiger partial charge in [0.2, 0.25) is 0 Å². The Morgan fingerprint density at radius 3 is 2.10 bits per heavy atom. The maximum absolute atomic E-state index is 14.3. The molecule has 2 aromatic rings. The summed E-state index contributed by atoms with van der Waals surface area (Å²) in [7, 11) is 1.71. The average molecular weight is 275 g/mol. The number of hydrogen-bond acceptors (Lipinski definition) is 1. The van der Waals surface area contributed by atoms with E-state index in [1.165, 1.54) is 12.1 Å². The third-order valence-corrected chi connectivity index (χ3v) is 3.47. The summed E-state index contributed by atoms with van der Waals surface area (Å²) in [4.78, 5) is 0. The second-order valence-electron chi connectivity index (χ2n) is 5.23. The summed E-state index contributed by atoms with van der Waals surface area (Å²) in [5.41, 5.74) is 3.55. The highest BCUT2D eigenvalue weighted by atomic mass is 19.1. The van der Waals surface area contributed by atoms with Gasteiger partial charge in [-0.2, -0.15) is 0 Å². The number of rotatable bonds is 3. The fraction of sp³-hybridized carbons (Fsp3) is 0.294. The van der Waals surface area contributed by atoms with Gasteiger partial charge in [0, 0.05) is 5.56 Å². The van der Waals surface area contributed by atoms with E-state index in [0.29, 0.717) is 5.56 Å². The maximum atomic E-state index is 14.3. The summed E-state index contributed by atoms with van der Waals surface area (Å²) in [5, 5.41) is 3.02. The minimum Gasteiger partial charge on any atom is -0.309 e. The highest BCUT2D eigenvalue weighted by Gasteiger charge is 2.22. The van der Waals surface area contributed by atoms with E-state index < -0.39 is 17.7 Å². The number of nitrogens with one attached hydrogen (secondary N) is 1. The minimum absolute atomic E-state index is 0.0810. The van der Waals surface area contributed by atoms with E-state index in [0.717, 1.165) is 16.7 Å². The van der Waals surface area contributed by atoms with Gasteiger partial charge in [-0.3, -0.25) is 0 Å². The highest BCUT2D eigenvalue weighted by molar-refractivity contribution is 5.39. The number of hydrogen-bond donors (Lipinski definition) is 1. The van der Waals surface area contributed by atoms with Crippen molar-refractivity contribution in [1.29, 1.82) is 0 Å². The summed E-state index contributed by atoms with van der Waals surface area (Å²) in [6.07, 6.45) is 0. The van der Waals surface area contributed by atoms with Gasteiger partial charge in [0.15, 0.2) is 0 Å². The Balaban J connectivity index is 2.61. The predicted molar refractivity (Wildman–Crippen MR) is 77.9 cm³/mol. The molecule has 1 atom stereocenters. The topological polar surface area (TPSA) is 12.0 Å². The molecule has 2 aromatic carbocycles. The van der Waals surface area contributed by atoms with Crippen molar-refractivity contribution in [2.75, 3.05) is 7.05 Å². The monoisotopic (exact) mass is 275 g/mol. The Labute approximate surface area is 118 Å². The molecule has 0 saturated carbocycles.